The van der Waals surface area contributed by atoms with Crippen LogP contribution in [0.2, 0.25) is 0 Å². The van der Waals surface area contributed by atoms with Gasteiger partial charge in [0.25, 0.3) is 0 Å². The van der Waals surface area contributed by atoms with E-state index in [-0.39, 0.29) is 11.2 Å². The maximum Gasteiger partial charge on any atom is 0.445 e. The van der Waals surface area contributed by atoms with Crippen LogP contribution in [0.3, 0.4) is 0 Å². The molecule has 2 heterocycles. The van der Waals surface area contributed by atoms with Crippen LogP contribution in [-0.4, -0.2) is 23.3 Å². The molecule has 1 aromatic heterocycles. The van der Waals surface area contributed by atoms with Crippen LogP contribution in [0.1, 0.15) is 22.2 Å². The normalized spacial score (nSPS) is 18.7. The van der Waals surface area contributed by atoms with Gasteiger partial charge in [-0.15, -0.1) is 10.2 Å². The van der Waals surface area contributed by atoms with Crippen LogP contribution < -0.4 is 10.6 Å². The number of hydrogen-bond acceptors (Lipinski definition) is 5. The molecule has 0 aliphatic carbocycles. The molecule has 8 heteroatoms. The third-order valence-electron chi connectivity index (χ3n) is 3.54. The molecule has 1 aliphatic rings. The fourth-order valence-corrected chi connectivity index (χ4v) is 3.37. The highest BCUT2D eigenvalue weighted by Gasteiger charge is 2.37. The van der Waals surface area contributed by atoms with Crippen LogP contribution >= 0.6 is 11.3 Å². The maximum atomic E-state index is 12.7. The molecule has 0 fully saturated rings. The number of hydrogen-bond donors (Lipinski definition) is 1. The van der Waals surface area contributed by atoms with Gasteiger partial charge in [-0.3, -0.25) is 0 Å². The molecule has 0 saturated heterocycles. The highest BCUT2D eigenvalue weighted by atomic mass is 32.1. The standard InChI is InChI=1S/C13H13F3N4S/c14-13(15,16)11-18-19-12(21-11)20-6-5-8-3-1-2-4-9(8)10(20)7-17/h1-4,10H,5-7,17H2. The van der Waals surface area contributed by atoms with E-state index in [1.165, 1.54) is 5.56 Å². The Hall–Kier alpha value is -1.67. The van der Waals surface area contributed by atoms with Crippen LogP contribution in [0, 0.1) is 0 Å². The zero-order valence-corrected chi connectivity index (χ0v) is 11.8. The first-order valence-corrected chi connectivity index (χ1v) is 7.27. The third-order valence-corrected chi connectivity index (χ3v) is 4.54. The van der Waals surface area contributed by atoms with Crippen molar-refractivity contribution in [1.82, 2.24) is 10.2 Å². The van der Waals surface area contributed by atoms with E-state index in [4.69, 9.17) is 5.73 Å². The molecule has 0 saturated carbocycles. The van der Waals surface area contributed by atoms with E-state index in [2.05, 4.69) is 10.2 Å². The molecule has 1 aliphatic heterocycles. The van der Waals surface area contributed by atoms with Crippen molar-refractivity contribution >= 4 is 16.5 Å². The predicted octanol–water partition coefficient (Wildman–Crippen LogP) is 2.62. The van der Waals surface area contributed by atoms with Crippen molar-refractivity contribution < 1.29 is 13.2 Å². The SMILES string of the molecule is NCC1c2ccccc2CCN1c1nnc(C(F)(F)F)s1. The first-order chi connectivity index (χ1) is 10.0. The number of aromatic nitrogens is 2. The molecule has 1 atom stereocenters. The molecule has 21 heavy (non-hydrogen) atoms. The summed E-state index contributed by atoms with van der Waals surface area (Å²) in [5, 5.41) is 6.29. The van der Waals surface area contributed by atoms with Crippen LogP contribution in [-0.2, 0) is 12.6 Å². The number of nitrogens with zero attached hydrogens (tertiary/aromatic N) is 3. The molecule has 2 aromatic rings. The zero-order chi connectivity index (χ0) is 15.0. The quantitative estimate of drug-likeness (QED) is 0.926. The van der Waals surface area contributed by atoms with Crippen molar-refractivity contribution in [2.24, 2.45) is 5.73 Å². The topological polar surface area (TPSA) is 55.0 Å². The highest BCUT2D eigenvalue weighted by Crippen LogP contribution is 2.38. The first kappa shape index (κ1) is 14.3. The molecule has 2 N–H and O–H groups in total. The van der Waals surface area contributed by atoms with Gasteiger partial charge in [0.05, 0.1) is 6.04 Å². The van der Waals surface area contributed by atoms with E-state index < -0.39 is 11.2 Å². The Morgan fingerprint density at radius 2 is 2.05 bits per heavy atom. The smallest absolute Gasteiger partial charge is 0.338 e. The Kier molecular flexibility index (Phi) is 3.58. The van der Waals surface area contributed by atoms with E-state index in [0.29, 0.717) is 24.4 Å². The van der Waals surface area contributed by atoms with Gasteiger partial charge in [0.15, 0.2) is 0 Å². The molecule has 1 unspecified atom stereocenters. The van der Waals surface area contributed by atoms with Gasteiger partial charge >= 0.3 is 6.18 Å². The number of fused-ring (bicyclic) bond motifs is 1. The van der Waals surface area contributed by atoms with Crippen molar-refractivity contribution in [3.8, 4) is 0 Å². The molecular formula is C13H13F3N4S. The molecule has 4 nitrogen and oxygen atoms in total. The molecule has 3 rings (SSSR count). The van der Waals surface area contributed by atoms with Gasteiger partial charge in [-0.25, -0.2) is 0 Å². The second kappa shape index (κ2) is 5.27. The molecular weight excluding hydrogens is 301 g/mol. The summed E-state index contributed by atoms with van der Waals surface area (Å²) in [6.07, 6.45) is -3.70. The third kappa shape index (κ3) is 2.60. The van der Waals surface area contributed by atoms with Gasteiger partial charge in [0.1, 0.15) is 0 Å². The fourth-order valence-electron chi connectivity index (χ4n) is 2.58. The number of anilines is 1. The van der Waals surface area contributed by atoms with Crippen LogP contribution in [0.4, 0.5) is 18.3 Å². The minimum atomic E-state index is -4.46. The number of halogens is 3. The molecule has 0 spiro atoms. The van der Waals surface area contributed by atoms with Gasteiger partial charge in [-0.2, -0.15) is 13.2 Å². The lowest BCUT2D eigenvalue weighted by molar-refractivity contribution is -0.138. The first-order valence-electron chi connectivity index (χ1n) is 6.46. The minimum absolute atomic E-state index is 0.163. The monoisotopic (exact) mass is 314 g/mol. The van der Waals surface area contributed by atoms with Gasteiger partial charge in [-0.1, -0.05) is 35.6 Å². The van der Waals surface area contributed by atoms with Gasteiger partial charge in [-0.05, 0) is 17.5 Å². The molecule has 1 aromatic carbocycles. The minimum Gasteiger partial charge on any atom is -0.338 e. The van der Waals surface area contributed by atoms with Crippen molar-refractivity contribution in [3.05, 3.63) is 40.4 Å². The number of rotatable bonds is 2. The molecule has 0 radical (unpaired) electrons. The molecule has 0 bridgehead atoms. The Labute approximate surface area is 123 Å². The maximum absolute atomic E-state index is 12.7. The summed E-state index contributed by atoms with van der Waals surface area (Å²) >= 11 is 0.563. The Bertz CT molecular complexity index is 640. The highest BCUT2D eigenvalue weighted by molar-refractivity contribution is 7.15. The van der Waals surface area contributed by atoms with Crippen molar-refractivity contribution in [1.29, 1.82) is 0 Å². The number of benzene rings is 1. The Morgan fingerprint density at radius 1 is 1.29 bits per heavy atom. The number of nitrogens with two attached hydrogens (primary N) is 1. The second-order valence-corrected chi connectivity index (χ2v) is 5.74. The molecule has 112 valence electrons. The van der Waals surface area contributed by atoms with Gasteiger partial charge in [0, 0.05) is 13.1 Å². The lowest BCUT2D eigenvalue weighted by atomic mass is 9.93. The summed E-state index contributed by atoms with van der Waals surface area (Å²) in [6.45, 7) is 0.906. The van der Waals surface area contributed by atoms with E-state index in [1.807, 2.05) is 29.2 Å². The lowest BCUT2D eigenvalue weighted by Gasteiger charge is -2.36. The van der Waals surface area contributed by atoms with E-state index in [9.17, 15) is 13.2 Å². The summed E-state index contributed by atoms with van der Waals surface area (Å²) in [6, 6.07) is 7.69. The van der Waals surface area contributed by atoms with E-state index in [1.54, 1.807) is 0 Å². The summed E-state index contributed by atoms with van der Waals surface area (Å²) in [5.41, 5.74) is 8.07. The average Bonchev–Trinajstić information content (AvgIpc) is 2.95. The van der Waals surface area contributed by atoms with Crippen molar-refractivity contribution in [2.75, 3.05) is 18.0 Å². The van der Waals surface area contributed by atoms with Gasteiger partial charge in [0.2, 0.25) is 10.1 Å². The average molecular weight is 314 g/mol. The molecule has 0 amide bonds. The summed E-state index contributed by atoms with van der Waals surface area (Å²) in [4.78, 5) is 1.81. The summed E-state index contributed by atoms with van der Waals surface area (Å²) in [5.74, 6) is 0. The van der Waals surface area contributed by atoms with E-state index >= 15 is 0 Å². The van der Waals surface area contributed by atoms with Crippen LogP contribution in [0.15, 0.2) is 24.3 Å². The van der Waals surface area contributed by atoms with Crippen molar-refractivity contribution in [2.45, 2.75) is 18.6 Å². The van der Waals surface area contributed by atoms with Gasteiger partial charge < -0.3 is 10.6 Å². The predicted molar refractivity (Wildman–Crippen MR) is 74.2 cm³/mol. The van der Waals surface area contributed by atoms with E-state index in [0.717, 1.165) is 12.0 Å². The fraction of sp³-hybridized carbons (Fsp3) is 0.385. The largest absolute Gasteiger partial charge is 0.445 e. The van der Waals surface area contributed by atoms with Crippen LogP contribution in [0.5, 0.6) is 0 Å². The summed E-state index contributed by atoms with van der Waals surface area (Å²) in [7, 11) is 0. The Balaban J connectivity index is 1.94. The van der Waals surface area contributed by atoms with Crippen LogP contribution in [0.25, 0.3) is 0 Å². The lowest BCUT2D eigenvalue weighted by Crippen LogP contribution is -2.39. The second-order valence-electron chi connectivity index (χ2n) is 4.78. The van der Waals surface area contributed by atoms with Crippen molar-refractivity contribution in [3.63, 3.8) is 0 Å². The zero-order valence-electron chi connectivity index (χ0n) is 11.0. The summed E-state index contributed by atoms with van der Waals surface area (Å²) < 4.78 is 38.0. The Morgan fingerprint density at radius 3 is 2.71 bits per heavy atom. The number of alkyl halides is 3.